The summed E-state index contributed by atoms with van der Waals surface area (Å²) in [5.41, 5.74) is 5.95. The summed E-state index contributed by atoms with van der Waals surface area (Å²) in [7, 11) is -4.80. The van der Waals surface area contributed by atoms with Crippen LogP contribution in [0.1, 0.15) is 0 Å². The first-order chi connectivity index (χ1) is 14.5. The van der Waals surface area contributed by atoms with E-state index in [-0.39, 0.29) is 30.3 Å². The van der Waals surface area contributed by atoms with Crippen LogP contribution in [0.25, 0.3) is 0 Å². The van der Waals surface area contributed by atoms with E-state index in [9.17, 15) is 30.4 Å². The topological polar surface area (TPSA) is 69.4 Å². The average molecular weight is 461 g/mol. The molecule has 0 aliphatic carbocycles. The van der Waals surface area contributed by atoms with Gasteiger partial charge in [0.2, 0.25) is 0 Å². The second kappa shape index (κ2) is 8.40. The molecule has 1 aliphatic heterocycles. The minimum atomic E-state index is -4.94. The lowest BCUT2D eigenvalue weighted by Crippen LogP contribution is -2.54. The summed E-state index contributed by atoms with van der Waals surface area (Å²) < 4.78 is 95.8. The van der Waals surface area contributed by atoms with Gasteiger partial charge in [0.25, 0.3) is 0 Å². The molecule has 0 saturated heterocycles. The van der Waals surface area contributed by atoms with Gasteiger partial charge in [0, 0.05) is 30.3 Å². The summed E-state index contributed by atoms with van der Waals surface area (Å²) in [6.07, 6.45) is -0.773. The van der Waals surface area contributed by atoms with Crippen LogP contribution in [0.2, 0.25) is 0 Å². The number of ether oxygens (including phenoxy) is 1. The van der Waals surface area contributed by atoms with Gasteiger partial charge in [-0.1, -0.05) is 6.08 Å². The molecule has 5 nitrogen and oxygen atoms in total. The van der Waals surface area contributed by atoms with Gasteiger partial charge in [-0.15, -0.1) is 0 Å². The molecule has 1 aliphatic rings. The Kier molecular flexibility index (Phi) is 6.21. The lowest BCUT2D eigenvalue weighted by atomic mass is 10.2. The van der Waals surface area contributed by atoms with Crippen molar-refractivity contribution in [2.45, 2.75) is 6.18 Å². The number of nitrogens with two attached hydrogens (primary N) is 1. The summed E-state index contributed by atoms with van der Waals surface area (Å²) in [6, 6.07) is 7.82. The molecule has 3 rings (SSSR count). The Balaban J connectivity index is 2.01. The van der Waals surface area contributed by atoms with E-state index in [0.717, 1.165) is 12.1 Å². The van der Waals surface area contributed by atoms with E-state index in [1.807, 2.05) is 0 Å². The number of benzene rings is 2. The first kappa shape index (κ1) is 22.9. The van der Waals surface area contributed by atoms with Crippen LogP contribution >= 0.6 is 0 Å². The summed E-state index contributed by atoms with van der Waals surface area (Å²) >= 11 is 0. The molecule has 0 spiro atoms. The van der Waals surface area contributed by atoms with Crippen LogP contribution in [0.3, 0.4) is 0 Å². The number of alkyl halides is 3. The smallest absolute Gasteiger partial charge is 0.408 e. The third-order valence-corrected chi connectivity index (χ3v) is 6.71. The first-order valence-corrected chi connectivity index (χ1v) is 10.6. The monoisotopic (exact) mass is 461 g/mol. The average Bonchev–Trinajstić information content (AvgIpc) is 2.68. The normalized spacial score (nSPS) is 19.2. The SMILES string of the molecule is NCC1=C[N+](c2ccc(Oc3ccc(F)cc3F)cc2)(S(=O)(=O)CC(F)(F)F)CC=C1. The standard InChI is InChI=1S/C20H18F5N2O3S/c21-15-3-8-19(18(22)10-15)30-17-6-4-16(5-7-17)27(9-1-2-14(11-26)12-27)31(28,29)13-20(23,24)25/h1-8,10,12H,9,11,13,26H2/q+1. The van der Waals surface area contributed by atoms with Crippen LogP contribution in [0.4, 0.5) is 27.6 Å². The Hall–Kier alpha value is -2.76. The molecule has 2 aromatic rings. The molecule has 2 N–H and O–H groups in total. The highest BCUT2D eigenvalue weighted by Gasteiger charge is 2.50. The third kappa shape index (κ3) is 4.94. The third-order valence-electron chi connectivity index (χ3n) is 4.56. The number of hydrogen-bond donors (Lipinski definition) is 1. The van der Waals surface area contributed by atoms with Gasteiger partial charge in [-0.3, -0.25) is 0 Å². The Labute approximate surface area is 175 Å². The molecule has 31 heavy (non-hydrogen) atoms. The molecule has 0 amide bonds. The molecule has 11 heteroatoms. The van der Waals surface area contributed by atoms with Crippen molar-refractivity contribution < 1.29 is 35.1 Å². The Morgan fingerprint density at radius 3 is 2.32 bits per heavy atom. The van der Waals surface area contributed by atoms with Gasteiger partial charge < -0.3 is 10.5 Å². The second-order valence-electron chi connectivity index (χ2n) is 6.80. The van der Waals surface area contributed by atoms with Crippen molar-refractivity contribution in [3.8, 4) is 11.5 Å². The van der Waals surface area contributed by atoms with Crippen LogP contribution in [-0.2, 0) is 10.0 Å². The van der Waals surface area contributed by atoms with E-state index in [0.29, 0.717) is 11.6 Å². The fourth-order valence-corrected chi connectivity index (χ4v) is 4.85. The number of sulfonamides is 1. The summed E-state index contributed by atoms with van der Waals surface area (Å²) in [5, 5.41) is 0. The molecular weight excluding hydrogens is 443 g/mol. The summed E-state index contributed by atoms with van der Waals surface area (Å²) in [5.74, 6) is -3.95. The number of hydrogen-bond acceptors (Lipinski definition) is 4. The molecule has 1 unspecified atom stereocenters. The van der Waals surface area contributed by atoms with E-state index in [1.165, 1.54) is 36.5 Å². The highest BCUT2D eigenvalue weighted by Crippen LogP contribution is 2.36. The van der Waals surface area contributed by atoms with Crippen molar-refractivity contribution in [1.29, 1.82) is 0 Å². The lowest BCUT2D eigenvalue weighted by molar-refractivity contribution is -0.106. The van der Waals surface area contributed by atoms with E-state index >= 15 is 0 Å². The molecule has 2 aromatic carbocycles. The Morgan fingerprint density at radius 2 is 1.74 bits per heavy atom. The highest BCUT2D eigenvalue weighted by atomic mass is 32.2. The molecule has 166 valence electrons. The van der Waals surface area contributed by atoms with Gasteiger partial charge in [-0.25, -0.2) is 8.78 Å². The number of halogens is 5. The van der Waals surface area contributed by atoms with Crippen molar-refractivity contribution in [3.05, 3.63) is 78.0 Å². The molecular formula is C20H18F5N2O3S+. The maximum Gasteiger partial charge on any atom is 0.408 e. The van der Waals surface area contributed by atoms with E-state index < -0.39 is 37.5 Å². The summed E-state index contributed by atoms with van der Waals surface area (Å²) in [6.45, 7) is -0.336. The molecule has 0 bridgehead atoms. The van der Waals surface area contributed by atoms with Crippen LogP contribution in [-0.4, -0.2) is 33.4 Å². The quantitative estimate of drug-likeness (QED) is 0.513. The Bertz CT molecular complexity index is 1130. The van der Waals surface area contributed by atoms with Crippen LogP contribution < -0.4 is 14.4 Å². The molecule has 0 fully saturated rings. The van der Waals surface area contributed by atoms with Crippen molar-refractivity contribution in [1.82, 2.24) is 3.89 Å². The zero-order valence-electron chi connectivity index (χ0n) is 15.9. The maximum atomic E-state index is 13.8. The summed E-state index contributed by atoms with van der Waals surface area (Å²) in [4.78, 5) is 0. The first-order valence-electron chi connectivity index (χ1n) is 8.95. The van der Waals surface area contributed by atoms with E-state index in [1.54, 1.807) is 6.08 Å². The minimum absolute atomic E-state index is 0.0199. The predicted molar refractivity (Wildman–Crippen MR) is 106 cm³/mol. The van der Waals surface area contributed by atoms with E-state index in [4.69, 9.17) is 10.5 Å². The van der Waals surface area contributed by atoms with Gasteiger partial charge in [0.15, 0.2) is 23.0 Å². The van der Waals surface area contributed by atoms with E-state index in [2.05, 4.69) is 0 Å². The second-order valence-corrected chi connectivity index (χ2v) is 8.90. The van der Waals surface area contributed by atoms with Gasteiger partial charge in [-0.2, -0.15) is 25.5 Å². The van der Waals surface area contributed by atoms with Gasteiger partial charge in [0.1, 0.15) is 24.3 Å². The van der Waals surface area contributed by atoms with Crippen molar-refractivity contribution >= 4 is 15.7 Å². The number of quaternary nitrogens is 1. The van der Waals surface area contributed by atoms with Gasteiger partial charge >= 0.3 is 16.2 Å². The molecule has 0 radical (unpaired) electrons. The van der Waals surface area contributed by atoms with Gasteiger partial charge in [0.05, 0.1) is 0 Å². The fourth-order valence-electron chi connectivity index (χ4n) is 3.15. The number of rotatable bonds is 6. The predicted octanol–water partition coefficient (Wildman–Crippen LogP) is 4.37. The fraction of sp³-hybridized carbons (Fsp3) is 0.200. The van der Waals surface area contributed by atoms with Gasteiger partial charge in [-0.05, 0) is 30.3 Å². The van der Waals surface area contributed by atoms with Crippen molar-refractivity contribution in [2.75, 3.05) is 18.8 Å². The largest absolute Gasteiger partial charge is 0.454 e. The lowest BCUT2D eigenvalue weighted by Gasteiger charge is -2.34. The molecule has 0 aromatic heterocycles. The molecule has 0 saturated carbocycles. The molecule has 1 atom stereocenters. The number of nitrogens with zero attached hydrogens (tertiary/aromatic N) is 1. The minimum Gasteiger partial charge on any atom is -0.454 e. The highest BCUT2D eigenvalue weighted by molar-refractivity contribution is 7.91. The molecule has 1 heterocycles. The Morgan fingerprint density at radius 1 is 1.06 bits per heavy atom. The maximum absolute atomic E-state index is 13.8. The van der Waals surface area contributed by atoms with Crippen LogP contribution in [0.15, 0.2) is 66.4 Å². The van der Waals surface area contributed by atoms with Crippen LogP contribution in [0.5, 0.6) is 11.5 Å². The zero-order chi connectivity index (χ0) is 22.9. The van der Waals surface area contributed by atoms with Crippen molar-refractivity contribution in [2.24, 2.45) is 5.73 Å². The van der Waals surface area contributed by atoms with Crippen molar-refractivity contribution in [3.63, 3.8) is 0 Å². The zero-order valence-corrected chi connectivity index (χ0v) is 16.8. The van der Waals surface area contributed by atoms with Crippen LogP contribution in [0, 0.1) is 11.6 Å².